The lowest BCUT2D eigenvalue weighted by molar-refractivity contribution is 0.0541. The second kappa shape index (κ2) is 12.6. The molecule has 0 fully saturated rings. The molecule has 0 bridgehead atoms. The van der Waals surface area contributed by atoms with Gasteiger partial charge >= 0.3 is 18.2 Å². The monoisotopic (exact) mass is 650 g/mol. The number of aromatic nitrogens is 5. The van der Waals surface area contributed by atoms with E-state index in [9.17, 15) is 14.7 Å². The Kier molecular flexibility index (Phi) is 8.95. The van der Waals surface area contributed by atoms with Crippen molar-refractivity contribution in [1.82, 2.24) is 30.2 Å². The van der Waals surface area contributed by atoms with Gasteiger partial charge in [0, 0.05) is 37.6 Å². The Morgan fingerprint density at radius 3 is 2.36 bits per heavy atom. The SMILES string of the molecule is CC(O)c1ncc(Oc2nc(N3CC=C(NC(=O)OC(C)(C)C)CC3)c3c(n2)[nH]c2c(N(C)C(=O)OC(C)(C)C)cc(F)cc23)cn1. The molecule has 0 radical (unpaired) electrons. The summed E-state index contributed by atoms with van der Waals surface area (Å²) >= 11 is 0. The molecule has 1 aliphatic heterocycles. The van der Waals surface area contributed by atoms with Crippen molar-refractivity contribution in [2.24, 2.45) is 0 Å². The molecule has 3 N–H and O–H groups in total. The summed E-state index contributed by atoms with van der Waals surface area (Å²) in [6.45, 7) is 12.9. The average Bonchev–Trinajstić information content (AvgIpc) is 3.33. The first-order valence-electron chi connectivity index (χ1n) is 15.1. The number of ether oxygens (including phenoxy) is 3. The molecule has 1 aromatic carbocycles. The van der Waals surface area contributed by atoms with Gasteiger partial charge in [0.25, 0.3) is 0 Å². The molecular weight excluding hydrogens is 611 g/mol. The van der Waals surface area contributed by atoms with Crippen molar-refractivity contribution in [2.45, 2.75) is 72.2 Å². The Hall–Kier alpha value is -5.05. The highest BCUT2D eigenvalue weighted by Crippen LogP contribution is 2.39. The van der Waals surface area contributed by atoms with Crippen molar-refractivity contribution >= 4 is 45.6 Å². The quantitative estimate of drug-likeness (QED) is 0.228. The summed E-state index contributed by atoms with van der Waals surface area (Å²) < 4.78 is 32.1. The number of nitrogens with zero attached hydrogens (tertiary/aromatic N) is 6. The molecule has 1 unspecified atom stereocenters. The number of hydrogen-bond donors (Lipinski definition) is 3. The zero-order valence-electron chi connectivity index (χ0n) is 27.6. The zero-order chi connectivity index (χ0) is 34.3. The van der Waals surface area contributed by atoms with Crippen LogP contribution < -0.4 is 19.9 Å². The van der Waals surface area contributed by atoms with Gasteiger partial charge in [0.1, 0.15) is 34.6 Å². The Labute approximate surface area is 271 Å². The highest BCUT2D eigenvalue weighted by atomic mass is 19.1. The molecule has 4 aromatic rings. The molecule has 1 aliphatic rings. The number of aliphatic hydroxyl groups is 1. The maximum atomic E-state index is 15.2. The molecule has 5 rings (SSSR count). The maximum Gasteiger partial charge on any atom is 0.414 e. The minimum atomic E-state index is -0.857. The summed E-state index contributed by atoms with van der Waals surface area (Å²) in [6, 6.07) is 2.55. The first-order chi connectivity index (χ1) is 22.0. The van der Waals surface area contributed by atoms with Crippen LogP contribution in [0.3, 0.4) is 0 Å². The molecule has 0 saturated heterocycles. The van der Waals surface area contributed by atoms with Gasteiger partial charge in [0.05, 0.1) is 29.0 Å². The first kappa shape index (κ1) is 33.3. The lowest BCUT2D eigenvalue weighted by Gasteiger charge is -2.29. The molecule has 3 aromatic heterocycles. The van der Waals surface area contributed by atoms with Crippen LogP contribution in [0.5, 0.6) is 11.8 Å². The second-order valence-corrected chi connectivity index (χ2v) is 13.2. The normalized spacial score (nSPS) is 14.5. The van der Waals surface area contributed by atoms with E-state index in [1.807, 2.05) is 11.0 Å². The summed E-state index contributed by atoms with van der Waals surface area (Å²) in [5.41, 5.74) is 0.291. The van der Waals surface area contributed by atoms with E-state index in [2.05, 4.69) is 25.3 Å². The van der Waals surface area contributed by atoms with Crippen LogP contribution in [0.1, 0.15) is 66.8 Å². The Morgan fingerprint density at radius 2 is 1.77 bits per heavy atom. The number of aliphatic hydroxyl groups excluding tert-OH is 1. The van der Waals surface area contributed by atoms with Crippen LogP contribution in [0, 0.1) is 5.82 Å². The third-order valence-corrected chi connectivity index (χ3v) is 6.89. The molecule has 0 spiro atoms. The van der Waals surface area contributed by atoms with Gasteiger partial charge in [-0.1, -0.05) is 0 Å². The minimum Gasteiger partial charge on any atom is -0.444 e. The number of carbonyl (C=O) groups is 2. The number of carbonyl (C=O) groups excluding carboxylic acids is 2. The molecule has 4 heterocycles. The molecule has 14 nitrogen and oxygen atoms in total. The van der Waals surface area contributed by atoms with Gasteiger partial charge in [0.2, 0.25) is 0 Å². The number of anilines is 2. The number of alkyl carbamates (subject to hydrolysis) is 1. The van der Waals surface area contributed by atoms with Crippen LogP contribution in [0.4, 0.5) is 25.5 Å². The van der Waals surface area contributed by atoms with Gasteiger partial charge in [-0.25, -0.2) is 23.9 Å². The molecule has 0 saturated carbocycles. The van der Waals surface area contributed by atoms with E-state index in [1.54, 1.807) is 48.5 Å². The topological polar surface area (TPSA) is 168 Å². The molecule has 15 heteroatoms. The van der Waals surface area contributed by atoms with Gasteiger partial charge in [-0.05, 0) is 66.7 Å². The van der Waals surface area contributed by atoms with E-state index in [-0.39, 0.29) is 23.3 Å². The largest absolute Gasteiger partial charge is 0.444 e. The summed E-state index contributed by atoms with van der Waals surface area (Å²) in [4.78, 5) is 49.3. The minimum absolute atomic E-state index is 0.0448. The van der Waals surface area contributed by atoms with Gasteiger partial charge in [0.15, 0.2) is 11.6 Å². The van der Waals surface area contributed by atoms with Crippen LogP contribution >= 0.6 is 0 Å². The van der Waals surface area contributed by atoms with Gasteiger partial charge in [-0.3, -0.25) is 10.2 Å². The van der Waals surface area contributed by atoms with Crippen molar-refractivity contribution < 1.29 is 33.3 Å². The Morgan fingerprint density at radius 1 is 1.09 bits per heavy atom. The zero-order valence-corrected chi connectivity index (χ0v) is 27.6. The van der Waals surface area contributed by atoms with Crippen molar-refractivity contribution in [2.75, 3.05) is 29.9 Å². The average molecular weight is 651 g/mol. The predicted molar refractivity (Wildman–Crippen MR) is 173 cm³/mol. The van der Waals surface area contributed by atoms with Crippen molar-refractivity contribution in [3.63, 3.8) is 0 Å². The number of fused-ring (bicyclic) bond motifs is 3. The predicted octanol–water partition coefficient (Wildman–Crippen LogP) is 5.88. The number of nitrogens with one attached hydrogen (secondary N) is 2. The third kappa shape index (κ3) is 7.85. The number of amides is 2. The Bertz CT molecular complexity index is 1840. The van der Waals surface area contributed by atoms with Gasteiger partial charge < -0.3 is 29.2 Å². The molecule has 0 aliphatic carbocycles. The number of H-pyrrole nitrogens is 1. The molecule has 1 atom stereocenters. The van der Waals surface area contributed by atoms with E-state index in [0.717, 1.165) is 0 Å². The highest BCUT2D eigenvalue weighted by molar-refractivity contribution is 6.16. The fourth-order valence-corrected chi connectivity index (χ4v) is 4.88. The summed E-state index contributed by atoms with van der Waals surface area (Å²) in [7, 11) is 1.50. The lowest BCUT2D eigenvalue weighted by Crippen LogP contribution is -2.36. The number of hydrogen-bond acceptors (Lipinski definition) is 11. The number of aromatic amines is 1. The van der Waals surface area contributed by atoms with Gasteiger partial charge in [-0.15, -0.1) is 0 Å². The maximum absolute atomic E-state index is 15.2. The van der Waals surface area contributed by atoms with Gasteiger partial charge in [-0.2, -0.15) is 9.97 Å². The Balaban J connectivity index is 1.58. The lowest BCUT2D eigenvalue weighted by atomic mass is 10.1. The van der Waals surface area contributed by atoms with Crippen molar-refractivity contribution in [1.29, 1.82) is 0 Å². The van der Waals surface area contributed by atoms with E-state index < -0.39 is 35.3 Å². The smallest absolute Gasteiger partial charge is 0.414 e. The van der Waals surface area contributed by atoms with Crippen molar-refractivity contribution in [3.05, 3.63) is 47.9 Å². The fraction of sp³-hybridized carbons (Fsp3) is 0.438. The first-order valence-corrected chi connectivity index (χ1v) is 15.1. The molecule has 250 valence electrons. The molecule has 2 amide bonds. The van der Waals surface area contributed by atoms with Crippen LogP contribution in [-0.2, 0) is 9.47 Å². The van der Waals surface area contributed by atoms with E-state index >= 15 is 4.39 Å². The fourth-order valence-electron chi connectivity index (χ4n) is 4.88. The summed E-state index contributed by atoms with van der Waals surface area (Å²) in [6.07, 6.45) is 3.04. The standard InChI is InChI=1S/C32H39FN8O6/c1-17(42)25-34-15-20(16-35-25)45-28-38-26-23(27(39-28)41-11-9-19(10-12-41)36-29(43)46-31(2,3)4)21-13-18(33)14-22(24(21)37-26)40(8)30(44)47-32(5,6)7/h9,13-17,42H,10-12H2,1-8H3,(H,36,43)(H,37,38,39). The van der Waals surface area contributed by atoms with E-state index in [4.69, 9.17) is 19.2 Å². The summed E-state index contributed by atoms with van der Waals surface area (Å²) in [5, 5.41) is 13.5. The molecule has 47 heavy (non-hydrogen) atoms. The number of benzene rings is 1. The third-order valence-electron chi connectivity index (χ3n) is 6.89. The van der Waals surface area contributed by atoms with Crippen LogP contribution in [0.25, 0.3) is 21.9 Å². The van der Waals surface area contributed by atoms with Crippen molar-refractivity contribution in [3.8, 4) is 11.8 Å². The van der Waals surface area contributed by atoms with Crippen LogP contribution in [-0.4, -0.2) is 73.6 Å². The molecular formula is C32H39FN8O6. The van der Waals surface area contributed by atoms with Crippen LogP contribution in [0.2, 0.25) is 0 Å². The highest BCUT2D eigenvalue weighted by Gasteiger charge is 2.27. The van der Waals surface area contributed by atoms with E-state index in [1.165, 1.54) is 36.5 Å². The summed E-state index contributed by atoms with van der Waals surface area (Å²) in [5.74, 6) is 0.314. The second-order valence-electron chi connectivity index (χ2n) is 13.2. The number of rotatable bonds is 6. The number of halogens is 1. The van der Waals surface area contributed by atoms with E-state index in [0.29, 0.717) is 53.0 Å². The van der Waals surface area contributed by atoms with Crippen LogP contribution in [0.15, 0.2) is 36.3 Å².